The third-order valence-electron chi connectivity index (χ3n) is 4.61. The van der Waals surface area contributed by atoms with Crippen LogP contribution < -0.4 is 19.5 Å². The highest BCUT2D eigenvalue weighted by Crippen LogP contribution is 2.29. The highest BCUT2D eigenvalue weighted by Gasteiger charge is 2.18. The van der Waals surface area contributed by atoms with Crippen LogP contribution in [0.15, 0.2) is 48.7 Å². The quantitative estimate of drug-likeness (QED) is 0.574. The fraction of sp³-hybridized carbons (Fsp3) is 0.273. The van der Waals surface area contributed by atoms with Crippen molar-refractivity contribution >= 4 is 17.5 Å². The van der Waals surface area contributed by atoms with Crippen molar-refractivity contribution in [3.8, 4) is 17.2 Å². The number of nitrogens with one attached hydrogen (secondary N) is 1. The van der Waals surface area contributed by atoms with E-state index in [2.05, 4.69) is 10.4 Å². The third-order valence-corrected chi connectivity index (χ3v) is 4.85. The molecule has 8 heteroatoms. The summed E-state index contributed by atoms with van der Waals surface area (Å²) in [4.78, 5) is 12.6. The van der Waals surface area contributed by atoms with Crippen LogP contribution in [0.3, 0.4) is 0 Å². The smallest absolute Gasteiger partial charge is 0.272 e. The number of aromatic nitrogens is 2. The van der Waals surface area contributed by atoms with Crippen LogP contribution in [0, 0.1) is 6.92 Å². The van der Waals surface area contributed by atoms with E-state index in [1.54, 1.807) is 49.4 Å². The number of methoxy groups -OCH3 is 2. The summed E-state index contributed by atoms with van der Waals surface area (Å²) in [5.41, 5.74) is 2.03. The van der Waals surface area contributed by atoms with Gasteiger partial charge in [-0.3, -0.25) is 4.79 Å². The Morgan fingerprint density at radius 2 is 1.90 bits per heavy atom. The molecular weight excluding hydrogens is 406 g/mol. The molecule has 2 aromatic carbocycles. The minimum absolute atomic E-state index is 0.176. The predicted octanol–water partition coefficient (Wildman–Crippen LogP) is 4.39. The Bertz CT molecular complexity index is 1030. The van der Waals surface area contributed by atoms with Gasteiger partial charge < -0.3 is 19.5 Å². The van der Waals surface area contributed by atoms with Crippen LogP contribution in [-0.2, 0) is 6.73 Å². The normalized spacial score (nSPS) is 11.6. The lowest BCUT2D eigenvalue weighted by Crippen LogP contribution is -2.27. The van der Waals surface area contributed by atoms with Crippen molar-refractivity contribution in [3.63, 3.8) is 0 Å². The Morgan fingerprint density at radius 3 is 2.60 bits per heavy atom. The van der Waals surface area contributed by atoms with Crippen molar-refractivity contribution in [1.82, 2.24) is 15.1 Å². The summed E-state index contributed by atoms with van der Waals surface area (Å²) in [5.74, 6) is 1.76. The van der Waals surface area contributed by atoms with Gasteiger partial charge in [0.1, 0.15) is 22.9 Å². The molecule has 1 aromatic heterocycles. The lowest BCUT2D eigenvalue weighted by Gasteiger charge is -2.17. The van der Waals surface area contributed by atoms with Gasteiger partial charge in [0.25, 0.3) is 5.91 Å². The molecule has 0 saturated carbocycles. The van der Waals surface area contributed by atoms with Crippen molar-refractivity contribution in [2.75, 3.05) is 14.2 Å². The lowest BCUT2D eigenvalue weighted by atomic mass is 10.1. The van der Waals surface area contributed by atoms with Crippen LogP contribution in [0.1, 0.15) is 34.6 Å². The average molecular weight is 430 g/mol. The predicted molar refractivity (Wildman–Crippen MR) is 114 cm³/mol. The van der Waals surface area contributed by atoms with Gasteiger partial charge in [0, 0.05) is 16.8 Å². The number of nitrogens with zero attached hydrogens (tertiary/aromatic N) is 2. The molecule has 1 heterocycles. The van der Waals surface area contributed by atoms with E-state index in [0.29, 0.717) is 28.0 Å². The third kappa shape index (κ3) is 5.04. The second-order valence-electron chi connectivity index (χ2n) is 6.73. The topological polar surface area (TPSA) is 74.6 Å². The molecular formula is C22H24ClN3O4. The number of hydrogen-bond acceptors (Lipinski definition) is 5. The van der Waals surface area contributed by atoms with Crippen LogP contribution in [-0.4, -0.2) is 29.9 Å². The number of carbonyl (C=O) groups excluding carboxylic acids is 1. The van der Waals surface area contributed by atoms with E-state index in [1.807, 2.05) is 32.0 Å². The van der Waals surface area contributed by atoms with E-state index in [4.69, 9.17) is 25.8 Å². The fourth-order valence-electron chi connectivity index (χ4n) is 2.99. The van der Waals surface area contributed by atoms with Gasteiger partial charge in [0.05, 0.1) is 20.3 Å². The molecule has 0 aliphatic rings. The van der Waals surface area contributed by atoms with Gasteiger partial charge >= 0.3 is 0 Å². The SMILES string of the molecule is COc1ccc(OC)c(C(C)NC(=O)c2ccn(COc3ccc(Cl)cc3C)n2)c1. The Balaban J connectivity index is 1.65. The summed E-state index contributed by atoms with van der Waals surface area (Å²) in [6, 6.07) is 12.2. The molecule has 0 fully saturated rings. The van der Waals surface area contributed by atoms with Crippen molar-refractivity contribution in [2.24, 2.45) is 0 Å². The molecule has 158 valence electrons. The molecule has 1 unspecified atom stereocenters. The van der Waals surface area contributed by atoms with Crippen LogP contribution in [0.25, 0.3) is 0 Å². The molecule has 0 spiro atoms. The highest BCUT2D eigenvalue weighted by molar-refractivity contribution is 6.30. The van der Waals surface area contributed by atoms with Gasteiger partial charge in [-0.25, -0.2) is 4.68 Å². The Hall–Kier alpha value is -3.19. The van der Waals surface area contributed by atoms with E-state index in [9.17, 15) is 4.79 Å². The first-order valence-electron chi connectivity index (χ1n) is 9.36. The van der Waals surface area contributed by atoms with Crippen molar-refractivity contribution < 1.29 is 19.0 Å². The monoisotopic (exact) mass is 429 g/mol. The summed E-state index contributed by atoms with van der Waals surface area (Å²) in [7, 11) is 3.18. The van der Waals surface area contributed by atoms with Gasteiger partial charge in [0.2, 0.25) is 0 Å². The largest absolute Gasteiger partial charge is 0.497 e. The Labute approximate surface area is 180 Å². The van der Waals surface area contributed by atoms with Crippen LogP contribution in [0.2, 0.25) is 5.02 Å². The van der Waals surface area contributed by atoms with Crippen molar-refractivity contribution in [2.45, 2.75) is 26.6 Å². The Morgan fingerprint density at radius 1 is 1.13 bits per heavy atom. The van der Waals surface area contributed by atoms with E-state index in [-0.39, 0.29) is 18.7 Å². The number of hydrogen-bond donors (Lipinski definition) is 1. The summed E-state index contributed by atoms with van der Waals surface area (Å²) in [6.07, 6.45) is 1.69. The molecule has 0 aliphatic carbocycles. The van der Waals surface area contributed by atoms with Gasteiger partial charge in [-0.05, 0) is 61.9 Å². The first-order valence-corrected chi connectivity index (χ1v) is 9.74. The maximum absolute atomic E-state index is 12.6. The molecule has 1 amide bonds. The zero-order valence-corrected chi connectivity index (χ0v) is 18.1. The van der Waals surface area contributed by atoms with Gasteiger partial charge in [-0.1, -0.05) is 11.6 Å². The number of amides is 1. The summed E-state index contributed by atoms with van der Waals surface area (Å²) in [6.45, 7) is 3.96. The molecule has 0 radical (unpaired) electrons. The van der Waals surface area contributed by atoms with Crippen LogP contribution >= 0.6 is 11.6 Å². The Kier molecular flexibility index (Phi) is 6.84. The van der Waals surface area contributed by atoms with Crippen molar-refractivity contribution in [3.05, 3.63) is 70.5 Å². The molecule has 7 nitrogen and oxygen atoms in total. The molecule has 0 saturated heterocycles. The second kappa shape index (κ2) is 9.54. The molecule has 3 rings (SSSR count). The summed E-state index contributed by atoms with van der Waals surface area (Å²) >= 11 is 5.96. The first-order chi connectivity index (χ1) is 14.4. The zero-order chi connectivity index (χ0) is 21.7. The van der Waals surface area contributed by atoms with E-state index >= 15 is 0 Å². The van der Waals surface area contributed by atoms with Gasteiger partial charge in [-0.15, -0.1) is 0 Å². The zero-order valence-electron chi connectivity index (χ0n) is 17.3. The summed E-state index contributed by atoms with van der Waals surface area (Å²) < 4.78 is 18.0. The van der Waals surface area contributed by atoms with Crippen molar-refractivity contribution in [1.29, 1.82) is 0 Å². The maximum Gasteiger partial charge on any atom is 0.272 e. The standard InChI is InChI=1S/C22H24ClN3O4/c1-14-11-16(23)5-7-20(14)30-13-26-10-9-19(25-26)22(27)24-15(2)18-12-17(28-3)6-8-21(18)29-4/h5-12,15H,13H2,1-4H3,(H,24,27). The number of halogens is 1. The number of rotatable bonds is 8. The minimum Gasteiger partial charge on any atom is -0.497 e. The molecule has 0 aliphatic heterocycles. The van der Waals surface area contributed by atoms with Gasteiger partial charge in [0.15, 0.2) is 6.73 Å². The maximum atomic E-state index is 12.6. The van der Waals surface area contributed by atoms with Crippen LogP contribution in [0.4, 0.5) is 0 Å². The lowest BCUT2D eigenvalue weighted by molar-refractivity contribution is 0.0932. The average Bonchev–Trinajstić information content (AvgIpc) is 3.21. The number of carbonyl (C=O) groups is 1. The van der Waals surface area contributed by atoms with Gasteiger partial charge in [-0.2, -0.15) is 5.10 Å². The fourth-order valence-corrected chi connectivity index (χ4v) is 3.22. The molecule has 0 bridgehead atoms. The van der Waals surface area contributed by atoms with E-state index < -0.39 is 0 Å². The first kappa shape index (κ1) is 21.5. The van der Waals surface area contributed by atoms with E-state index in [1.165, 1.54) is 0 Å². The molecule has 1 atom stereocenters. The number of ether oxygens (including phenoxy) is 3. The molecule has 3 aromatic rings. The highest BCUT2D eigenvalue weighted by atomic mass is 35.5. The number of benzene rings is 2. The molecule has 30 heavy (non-hydrogen) atoms. The minimum atomic E-state index is -0.305. The van der Waals surface area contributed by atoms with E-state index in [0.717, 1.165) is 11.1 Å². The van der Waals surface area contributed by atoms with Crippen LogP contribution in [0.5, 0.6) is 17.2 Å². The number of aryl methyl sites for hydroxylation is 1. The molecule has 1 N–H and O–H groups in total. The summed E-state index contributed by atoms with van der Waals surface area (Å²) in [5, 5.41) is 7.88. The second-order valence-corrected chi connectivity index (χ2v) is 7.16.